The lowest BCUT2D eigenvalue weighted by Crippen LogP contribution is -2.14. The predicted molar refractivity (Wildman–Crippen MR) is 118 cm³/mol. The maximum Gasteiger partial charge on any atom is 0.163 e. The van der Waals surface area contributed by atoms with Gasteiger partial charge in [0.2, 0.25) is 0 Å². The summed E-state index contributed by atoms with van der Waals surface area (Å²) in [6.07, 6.45) is 2.09. The quantitative estimate of drug-likeness (QED) is 0.395. The van der Waals surface area contributed by atoms with Crippen LogP contribution in [0.3, 0.4) is 0 Å². The van der Waals surface area contributed by atoms with Crippen LogP contribution in [-0.4, -0.2) is 31.8 Å². The van der Waals surface area contributed by atoms with Crippen LogP contribution in [0.2, 0.25) is 5.02 Å². The highest BCUT2D eigenvalue weighted by Gasteiger charge is 2.16. The lowest BCUT2D eigenvalue weighted by atomic mass is 9.92. The van der Waals surface area contributed by atoms with Gasteiger partial charge >= 0.3 is 0 Å². The molecule has 150 valence electrons. The van der Waals surface area contributed by atoms with Crippen molar-refractivity contribution in [3.63, 3.8) is 0 Å². The summed E-state index contributed by atoms with van der Waals surface area (Å²) in [7, 11) is 1.66. The van der Waals surface area contributed by atoms with Crippen LogP contribution in [-0.2, 0) is 17.6 Å². The SMILES string of the molecule is CC/N=C(/COC)c1cc(C(=O)CCc2cc(Cl)ccc2CC)c(C)cc1C. The van der Waals surface area contributed by atoms with Crippen molar-refractivity contribution < 1.29 is 9.53 Å². The van der Waals surface area contributed by atoms with Crippen LogP contribution < -0.4 is 0 Å². The van der Waals surface area contributed by atoms with Crippen molar-refractivity contribution in [2.24, 2.45) is 4.99 Å². The summed E-state index contributed by atoms with van der Waals surface area (Å²) in [4.78, 5) is 17.6. The molecule has 0 fully saturated rings. The Morgan fingerprint density at radius 2 is 1.75 bits per heavy atom. The predicted octanol–water partition coefficient (Wildman–Crippen LogP) is 5.79. The van der Waals surface area contributed by atoms with E-state index >= 15 is 0 Å². The molecule has 0 amide bonds. The van der Waals surface area contributed by atoms with Crippen molar-refractivity contribution in [3.8, 4) is 0 Å². The first-order valence-electron chi connectivity index (χ1n) is 9.85. The van der Waals surface area contributed by atoms with Gasteiger partial charge in [-0.05, 0) is 74.1 Å². The monoisotopic (exact) mass is 399 g/mol. The molecule has 2 aromatic rings. The second-order valence-electron chi connectivity index (χ2n) is 7.03. The first kappa shape index (κ1) is 22.3. The van der Waals surface area contributed by atoms with E-state index in [0.29, 0.717) is 31.0 Å². The van der Waals surface area contributed by atoms with E-state index in [1.54, 1.807) is 7.11 Å². The molecule has 0 saturated carbocycles. The average molecular weight is 400 g/mol. The van der Waals surface area contributed by atoms with Crippen LogP contribution in [0.5, 0.6) is 0 Å². The van der Waals surface area contributed by atoms with E-state index in [2.05, 4.69) is 31.0 Å². The summed E-state index contributed by atoms with van der Waals surface area (Å²) >= 11 is 6.15. The molecule has 0 bridgehead atoms. The van der Waals surface area contributed by atoms with Crippen LogP contribution in [0.25, 0.3) is 0 Å². The number of benzene rings is 2. The van der Waals surface area contributed by atoms with E-state index in [1.165, 1.54) is 5.56 Å². The first-order valence-corrected chi connectivity index (χ1v) is 10.2. The maximum atomic E-state index is 13.0. The smallest absolute Gasteiger partial charge is 0.163 e. The van der Waals surface area contributed by atoms with Gasteiger partial charge in [-0.15, -0.1) is 0 Å². The van der Waals surface area contributed by atoms with Crippen molar-refractivity contribution in [2.75, 3.05) is 20.3 Å². The van der Waals surface area contributed by atoms with Crippen molar-refractivity contribution >= 4 is 23.1 Å². The van der Waals surface area contributed by atoms with Crippen LogP contribution in [0, 0.1) is 13.8 Å². The molecule has 0 spiro atoms. The minimum atomic E-state index is 0.147. The molecule has 0 atom stereocenters. The van der Waals surface area contributed by atoms with E-state index in [9.17, 15) is 4.79 Å². The molecule has 3 nitrogen and oxygen atoms in total. The first-order chi connectivity index (χ1) is 13.4. The molecular weight excluding hydrogens is 370 g/mol. The summed E-state index contributed by atoms with van der Waals surface area (Å²) in [5.74, 6) is 0.147. The fourth-order valence-electron chi connectivity index (χ4n) is 3.55. The lowest BCUT2D eigenvalue weighted by molar-refractivity contribution is 0.0982. The van der Waals surface area contributed by atoms with Crippen molar-refractivity contribution in [3.05, 3.63) is 68.7 Å². The van der Waals surface area contributed by atoms with E-state index in [0.717, 1.165) is 39.9 Å². The molecule has 2 aromatic carbocycles. The molecule has 0 aromatic heterocycles. The molecule has 4 heteroatoms. The number of rotatable bonds is 9. The van der Waals surface area contributed by atoms with Gasteiger partial charge in [0.05, 0.1) is 12.3 Å². The van der Waals surface area contributed by atoms with Crippen LogP contribution in [0.1, 0.15) is 58.4 Å². The summed E-state index contributed by atoms with van der Waals surface area (Å²) in [5, 5.41) is 0.716. The van der Waals surface area contributed by atoms with E-state index in [-0.39, 0.29) is 5.78 Å². The molecule has 0 saturated heterocycles. The van der Waals surface area contributed by atoms with E-state index in [4.69, 9.17) is 16.3 Å². The van der Waals surface area contributed by atoms with Gasteiger partial charge in [0, 0.05) is 36.2 Å². The highest BCUT2D eigenvalue weighted by atomic mass is 35.5. The van der Waals surface area contributed by atoms with Gasteiger partial charge in [0.25, 0.3) is 0 Å². The van der Waals surface area contributed by atoms with E-state index in [1.807, 2.05) is 32.0 Å². The number of aryl methyl sites for hydroxylation is 4. The number of aliphatic imine (C=N–C) groups is 1. The lowest BCUT2D eigenvalue weighted by Gasteiger charge is -2.14. The number of nitrogens with zero attached hydrogens (tertiary/aromatic N) is 1. The highest BCUT2D eigenvalue weighted by molar-refractivity contribution is 6.30. The fraction of sp³-hybridized carbons (Fsp3) is 0.417. The average Bonchev–Trinajstić information content (AvgIpc) is 2.66. The number of ketones is 1. The Kier molecular flexibility index (Phi) is 8.40. The molecular formula is C24H30ClNO2. The summed E-state index contributed by atoms with van der Waals surface area (Å²) < 4.78 is 5.31. The normalized spacial score (nSPS) is 11.7. The number of carbonyl (C=O) groups excluding carboxylic acids is 1. The molecule has 0 aliphatic rings. The van der Waals surface area contributed by atoms with Crippen LogP contribution in [0.15, 0.2) is 35.3 Å². The zero-order valence-electron chi connectivity index (χ0n) is 17.6. The van der Waals surface area contributed by atoms with Crippen LogP contribution >= 0.6 is 11.6 Å². The van der Waals surface area contributed by atoms with Gasteiger partial charge in [0.15, 0.2) is 5.78 Å². The van der Waals surface area contributed by atoms with Gasteiger partial charge in [-0.3, -0.25) is 9.79 Å². The number of methoxy groups -OCH3 is 1. The van der Waals surface area contributed by atoms with Gasteiger partial charge in [-0.2, -0.15) is 0 Å². The van der Waals surface area contributed by atoms with Crippen molar-refractivity contribution in [2.45, 2.75) is 47.0 Å². The van der Waals surface area contributed by atoms with Crippen LogP contribution in [0.4, 0.5) is 0 Å². The molecule has 28 heavy (non-hydrogen) atoms. The Balaban J connectivity index is 2.29. The third-order valence-corrected chi connectivity index (χ3v) is 5.22. The third kappa shape index (κ3) is 5.52. The summed E-state index contributed by atoms with van der Waals surface area (Å²) in [5.41, 5.74) is 7.16. The minimum absolute atomic E-state index is 0.147. The number of ether oxygens (including phenoxy) is 1. The third-order valence-electron chi connectivity index (χ3n) is 4.98. The fourth-order valence-corrected chi connectivity index (χ4v) is 3.75. The Morgan fingerprint density at radius 3 is 2.39 bits per heavy atom. The summed E-state index contributed by atoms with van der Waals surface area (Å²) in [6, 6.07) is 9.99. The second-order valence-corrected chi connectivity index (χ2v) is 7.46. The van der Waals surface area contributed by atoms with Gasteiger partial charge in [-0.25, -0.2) is 0 Å². The number of halogens is 1. The molecule has 0 N–H and O–H groups in total. The minimum Gasteiger partial charge on any atom is -0.378 e. The van der Waals surface area contributed by atoms with Gasteiger partial charge in [0.1, 0.15) is 0 Å². The largest absolute Gasteiger partial charge is 0.378 e. The van der Waals surface area contributed by atoms with Gasteiger partial charge in [-0.1, -0.05) is 30.7 Å². The highest BCUT2D eigenvalue weighted by Crippen LogP contribution is 2.22. The molecule has 0 aliphatic heterocycles. The molecule has 0 radical (unpaired) electrons. The molecule has 0 heterocycles. The van der Waals surface area contributed by atoms with Gasteiger partial charge < -0.3 is 4.74 Å². The summed E-state index contributed by atoms with van der Waals surface area (Å²) in [6.45, 7) is 9.29. The Bertz CT molecular complexity index is 871. The molecule has 2 rings (SSSR count). The number of carbonyl (C=O) groups is 1. The topological polar surface area (TPSA) is 38.7 Å². The molecule has 0 aliphatic carbocycles. The standard InChI is InChI=1S/C24H30ClNO2/c1-6-18-8-10-20(25)13-19(18)9-11-24(27)22-14-21(16(3)12-17(22)4)23(15-28-5)26-7-2/h8,10,12-14H,6-7,9,11,15H2,1-5H3/b26-23-. The Hall–Kier alpha value is -1.97. The number of hydrogen-bond acceptors (Lipinski definition) is 3. The zero-order valence-corrected chi connectivity index (χ0v) is 18.3. The Labute approximate surface area is 173 Å². The van der Waals surface area contributed by atoms with E-state index < -0.39 is 0 Å². The Morgan fingerprint density at radius 1 is 1.04 bits per heavy atom. The second kappa shape index (κ2) is 10.5. The van der Waals surface area contributed by atoms with Crippen molar-refractivity contribution in [1.82, 2.24) is 0 Å². The molecule has 0 unspecified atom stereocenters. The van der Waals surface area contributed by atoms with Crippen molar-refractivity contribution in [1.29, 1.82) is 0 Å². The number of Topliss-reactive ketones (excluding diaryl/α,β-unsaturated/α-hetero) is 1. The number of hydrogen-bond donors (Lipinski definition) is 0. The zero-order chi connectivity index (χ0) is 20.7. The maximum absolute atomic E-state index is 13.0.